The molecule has 1 aliphatic heterocycles. The molecule has 3 rings (SSSR count). The van der Waals surface area contributed by atoms with Gasteiger partial charge in [0.15, 0.2) is 11.5 Å². The third-order valence-electron chi connectivity index (χ3n) is 3.83. The molecule has 1 aromatic carbocycles. The van der Waals surface area contributed by atoms with Crippen molar-refractivity contribution in [1.82, 2.24) is 14.9 Å². The van der Waals surface area contributed by atoms with E-state index in [1.54, 1.807) is 17.0 Å². The van der Waals surface area contributed by atoms with Crippen LogP contribution in [0.5, 0.6) is 11.5 Å². The molecule has 0 unspecified atom stereocenters. The lowest BCUT2D eigenvalue weighted by atomic mass is 10.1. The lowest BCUT2D eigenvalue weighted by Gasteiger charge is -2.27. The topological polar surface area (TPSA) is 112 Å². The molecule has 1 fully saturated rings. The zero-order valence-electron chi connectivity index (χ0n) is 13.5. The number of amides is 1. The van der Waals surface area contributed by atoms with E-state index < -0.39 is 0 Å². The minimum absolute atomic E-state index is 0.159. The molecular weight excluding hydrogens is 314 g/mol. The van der Waals surface area contributed by atoms with Crippen LogP contribution in [0.3, 0.4) is 0 Å². The molecular formula is C15H19N5O4. The summed E-state index contributed by atoms with van der Waals surface area (Å²) in [5, 5.41) is 0.572. The number of methoxy groups -OCH3 is 2. The second kappa shape index (κ2) is 6.85. The molecule has 0 spiro atoms. The number of nitrogens with one attached hydrogen (secondary N) is 1. The average molecular weight is 333 g/mol. The number of carbonyl (C=O) groups excluding carboxylic acids is 1. The number of nitrogens with two attached hydrogens (primary N) is 1. The van der Waals surface area contributed by atoms with Crippen LogP contribution in [-0.4, -0.2) is 61.3 Å². The van der Waals surface area contributed by atoms with Crippen molar-refractivity contribution in [2.24, 2.45) is 5.84 Å². The summed E-state index contributed by atoms with van der Waals surface area (Å²) in [6.07, 6.45) is 0. The maximum atomic E-state index is 12.9. The van der Waals surface area contributed by atoms with Gasteiger partial charge in [-0.25, -0.2) is 15.8 Å². The summed E-state index contributed by atoms with van der Waals surface area (Å²) in [5.74, 6) is 6.41. The molecule has 0 radical (unpaired) electrons. The molecule has 24 heavy (non-hydrogen) atoms. The molecule has 9 nitrogen and oxygen atoms in total. The van der Waals surface area contributed by atoms with Crippen molar-refractivity contribution in [3.63, 3.8) is 0 Å². The largest absolute Gasteiger partial charge is 0.493 e. The maximum Gasteiger partial charge on any atom is 0.273 e. The van der Waals surface area contributed by atoms with Crippen molar-refractivity contribution in [3.05, 3.63) is 17.8 Å². The Morgan fingerprint density at radius 3 is 2.50 bits per heavy atom. The number of anilines is 1. The molecule has 9 heteroatoms. The van der Waals surface area contributed by atoms with Gasteiger partial charge < -0.3 is 19.1 Å². The normalized spacial score (nSPS) is 14.5. The van der Waals surface area contributed by atoms with Crippen molar-refractivity contribution in [3.8, 4) is 11.5 Å². The number of rotatable bonds is 4. The molecule has 1 amide bonds. The van der Waals surface area contributed by atoms with Gasteiger partial charge in [-0.15, -0.1) is 0 Å². The Morgan fingerprint density at radius 1 is 1.21 bits per heavy atom. The first-order valence-electron chi connectivity index (χ1n) is 7.45. The first kappa shape index (κ1) is 16.2. The molecule has 0 saturated carbocycles. The van der Waals surface area contributed by atoms with Crippen molar-refractivity contribution in [1.29, 1.82) is 0 Å². The monoisotopic (exact) mass is 333 g/mol. The molecule has 3 N–H and O–H groups in total. The van der Waals surface area contributed by atoms with E-state index in [2.05, 4.69) is 15.4 Å². The Bertz CT molecular complexity index is 761. The van der Waals surface area contributed by atoms with Crippen molar-refractivity contribution < 1.29 is 19.0 Å². The predicted molar refractivity (Wildman–Crippen MR) is 87.2 cm³/mol. The second-order valence-electron chi connectivity index (χ2n) is 5.17. The molecule has 0 atom stereocenters. The first-order valence-corrected chi connectivity index (χ1v) is 7.45. The number of aromatic nitrogens is 2. The van der Waals surface area contributed by atoms with Crippen molar-refractivity contribution in [2.75, 3.05) is 45.9 Å². The van der Waals surface area contributed by atoms with Gasteiger partial charge in [0.25, 0.3) is 5.91 Å². The van der Waals surface area contributed by atoms with E-state index in [0.717, 1.165) is 0 Å². The minimum atomic E-state index is -0.200. The van der Waals surface area contributed by atoms with E-state index in [0.29, 0.717) is 48.7 Å². The summed E-state index contributed by atoms with van der Waals surface area (Å²) in [6, 6.07) is 3.38. The number of hydrazine groups is 1. The lowest BCUT2D eigenvalue weighted by molar-refractivity contribution is 0.0300. The van der Waals surface area contributed by atoms with E-state index in [-0.39, 0.29) is 17.5 Å². The summed E-state index contributed by atoms with van der Waals surface area (Å²) >= 11 is 0. The van der Waals surface area contributed by atoms with Gasteiger partial charge in [-0.2, -0.15) is 0 Å². The fourth-order valence-corrected chi connectivity index (χ4v) is 2.60. The maximum absolute atomic E-state index is 12.9. The van der Waals surface area contributed by atoms with Crippen molar-refractivity contribution in [2.45, 2.75) is 0 Å². The van der Waals surface area contributed by atoms with Gasteiger partial charge in [0.2, 0.25) is 5.95 Å². The number of hydrogen-bond acceptors (Lipinski definition) is 8. The van der Waals surface area contributed by atoms with Gasteiger partial charge in [-0.1, -0.05) is 0 Å². The van der Waals surface area contributed by atoms with Gasteiger partial charge in [0.1, 0.15) is 5.69 Å². The number of nitrogen functional groups attached to an aromatic ring is 1. The van der Waals surface area contributed by atoms with Crippen LogP contribution in [0.15, 0.2) is 12.1 Å². The second-order valence-corrected chi connectivity index (χ2v) is 5.17. The number of nitrogens with zero attached hydrogens (tertiary/aromatic N) is 3. The molecule has 1 saturated heterocycles. The number of ether oxygens (including phenoxy) is 3. The Balaban J connectivity index is 2.15. The van der Waals surface area contributed by atoms with Crippen LogP contribution in [0.4, 0.5) is 5.95 Å². The first-order chi connectivity index (χ1) is 11.7. The third kappa shape index (κ3) is 2.91. The molecule has 0 aliphatic carbocycles. The molecule has 2 aromatic rings. The SMILES string of the molecule is COc1cc2nc(NN)nc(C(=O)N3CCOCC3)c2cc1OC. The Hall–Kier alpha value is -2.65. The number of carbonyl (C=O) groups is 1. The Morgan fingerprint density at radius 2 is 1.88 bits per heavy atom. The predicted octanol–water partition coefficient (Wildman–Crippen LogP) is 0.405. The number of hydrogen-bond donors (Lipinski definition) is 2. The standard InChI is InChI=1S/C15H19N5O4/c1-22-11-7-9-10(8-12(11)23-2)17-15(19-16)18-13(9)14(21)20-3-5-24-6-4-20/h7-8H,3-6,16H2,1-2H3,(H,17,18,19). The lowest BCUT2D eigenvalue weighted by Crippen LogP contribution is -2.41. The van der Waals surface area contributed by atoms with E-state index in [9.17, 15) is 4.79 Å². The molecule has 2 heterocycles. The highest BCUT2D eigenvalue weighted by Crippen LogP contribution is 2.33. The summed E-state index contributed by atoms with van der Waals surface area (Å²) in [4.78, 5) is 23.1. The van der Waals surface area contributed by atoms with Crippen LogP contribution in [0.1, 0.15) is 10.5 Å². The van der Waals surface area contributed by atoms with E-state index in [4.69, 9.17) is 20.1 Å². The van der Waals surface area contributed by atoms with Gasteiger partial charge in [0.05, 0.1) is 33.0 Å². The summed E-state index contributed by atoms with van der Waals surface area (Å²) in [7, 11) is 3.07. The highest BCUT2D eigenvalue weighted by molar-refractivity contribution is 6.05. The Labute approximate surface area is 138 Å². The fourth-order valence-electron chi connectivity index (χ4n) is 2.60. The molecule has 128 valence electrons. The fraction of sp³-hybridized carbons (Fsp3) is 0.400. The number of morpholine rings is 1. The average Bonchev–Trinajstić information content (AvgIpc) is 2.65. The highest BCUT2D eigenvalue weighted by atomic mass is 16.5. The van der Waals surface area contributed by atoms with E-state index >= 15 is 0 Å². The van der Waals surface area contributed by atoms with Gasteiger partial charge in [0, 0.05) is 24.5 Å². The highest BCUT2D eigenvalue weighted by Gasteiger charge is 2.24. The summed E-state index contributed by atoms with van der Waals surface area (Å²) < 4.78 is 15.9. The van der Waals surface area contributed by atoms with Gasteiger partial charge in [-0.3, -0.25) is 10.2 Å². The Kier molecular flexibility index (Phi) is 4.63. The smallest absolute Gasteiger partial charge is 0.273 e. The van der Waals surface area contributed by atoms with Crippen LogP contribution in [0.2, 0.25) is 0 Å². The van der Waals surface area contributed by atoms with E-state index in [1.807, 2.05) is 0 Å². The van der Waals surface area contributed by atoms with Crippen LogP contribution in [0, 0.1) is 0 Å². The minimum Gasteiger partial charge on any atom is -0.493 e. The molecule has 1 aliphatic rings. The zero-order valence-corrected chi connectivity index (χ0v) is 13.5. The third-order valence-corrected chi connectivity index (χ3v) is 3.83. The zero-order chi connectivity index (χ0) is 17.1. The quantitative estimate of drug-likeness (QED) is 0.611. The van der Waals surface area contributed by atoms with Crippen molar-refractivity contribution >= 4 is 22.8 Å². The van der Waals surface area contributed by atoms with Gasteiger partial charge in [-0.05, 0) is 6.07 Å². The van der Waals surface area contributed by atoms with Crippen LogP contribution < -0.4 is 20.7 Å². The number of fused-ring (bicyclic) bond motifs is 1. The van der Waals surface area contributed by atoms with Gasteiger partial charge >= 0.3 is 0 Å². The van der Waals surface area contributed by atoms with E-state index in [1.165, 1.54) is 14.2 Å². The molecule has 0 bridgehead atoms. The molecule has 1 aromatic heterocycles. The van der Waals surface area contributed by atoms with Crippen LogP contribution >= 0.6 is 0 Å². The van der Waals surface area contributed by atoms with Crippen LogP contribution in [0.25, 0.3) is 10.9 Å². The summed E-state index contributed by atoms with van der Waals surface area (Å²) in [6.45, 7) is 2.05. The summed E-state index contributed by atoms with van der Waals surface area (Å²) in [5.41, 5.74) is 3.19. The van der Waals surface area contributed by atoms with Crippen LogP contribution in [-0.2, 0) is 4.74 Å². The number of benzene rings is 1.